The fraction of sp³-hybridized carbons (Fsp3) is 0.538. The summed E-state index contributed by atoms with van der Waals surface area (Å²) in [5.41, 5.74) is 3.41. The molecule has 0 fully saturated rings. The van der Waals surface area contributed by atoms with Crippen LogP contribution in [0, 0.1) is 11.5 Å². The molecule has 0 saturated carbocycles. The van der Waals surface area contributed by atoms with E-state index in [1.807, 2.05) is 26.2 Å². The van der Waals surface area contributed by atoms with Crippen molar-refractivity contribution >= 4 is 30.6 Å². The number of hydrogen-bond acceptors (Lipinski definition) is 4. The monoisotopic (exact) mass is 296 g/mol. The molecule has 0 aliphatic heterocycles. The molecular formula is C13H20N2O2SSi. The molecule has 1 N–H and O–H groups in total. The fourth-order valence-electron chi connectivity index (χ4n) is 1.03. The van der Waals surface area contributed by atoms with Crippen LogP contribution in [0.1, 0.15) is 26.5 Å². The van der Waals surface area contributed by atoms with Gasteiger partial charge in [0.1, 0.15) is 19.4 Å². The summed E-state index contributed by atoms with van der Waals surface area (Å²) in [5, 5.41) is 4.95. The molecule has 1 aromatic rings. The number of carbonyl (C=O) groups excluding carboxylic acids is 1. The predicted octanol–water partition coefficient (Wildman–Crippen LogP) is 3.72. The van der Waals surface area contributed by atoms with E-state index in [0.717, 1.165) is 0 Å². The third kappa shape index (κ3) is 6.99. The molecule has 19 heavy (non-hydrogen) atoms. The Morgan fingerprint density at radius 2 is 2.05 bits per heavy atom. The van der Waals surface area contributed by atoms with Gasteiger partial charge in [-0.3, -0.25) is 5.32 Å². The van der Waals surface area contributed by atoms with Crippen LogP contribution in [0.2, 0.25) is 19.6 Å². The zero-order valence-corrected chi connectivity index (χ0v) is 14.1. The van der Waals surface area contributed by atoms with E-state index in [1.165, 1.54) is 11.3 Å². The fourth-order valence-corrected chi connectivity index (χ4v) is 2.16. The lowest BCUT2D eigenvalue weighted by atomic mass is 10.2. The number of ether oxygens (including phenoxy) is 1. The van der Waals surface area contributed by atoms with Gasteiger partial charge in [0, 0.05) is 5.38 Å². The summed E-state index contributed by atoms with van der Waals surface area (Å²) in [6.45, 7) is 12.0. The molecule has 104 valence electrons. The first-order valence-corrected chi connectivity index (χ1v) is 10.4. The number of aromatic nitrogens is 1. The van der Waals surface area contributed by atoms with Gasteiger partial charge < -0.3 is 4.74 Å². The van der Waals surface area contributed by atoms with Gasteiger partial charge in [-0.05, 0) is 20.8 Å². The highest BCUT2D eigenvalue weighted by molar-refractivity contribution is 7.14. The molecule has 1 rings (SSSR count). The summed E-state index contributed by atoms with van der Waals surface area (Å²) in [4.78, 5) is 15.8. The number of rotatable bonds is 1. The van der Waals surface area contributed by atoms with Gasteiger partial charge in [-0.2, -0.15) is 0 Å². The minimum absolute atomic E-state index is 0.494. The number of hydrogen-bond donors (Lipinski definition) is 1. The van der Waals surface area contributed by atoms with Gasteiger partial charge in [0.2, 0.25) is 0 Å². The molecule has 0 aliphatic rings. The predicted molar refractivity (Wildman–Crippen MR) is 82.2 cm³/mol. The maximum atomic E-state index is 11.6. The number of carbonyl (C=O) groups is 1. The van der Waals surface area contributed by atoms with Crippen molar-refractivity contribution in [3.63, 3.8) is 0 Å². The Kier molecular flexibility index (Phi) is 4.77. The number of anilines is 1. The van der Waals surface area contributed by atoms with E-state index in [2.05, 4.69) is 41.4 Å². The van der Waals surface area contributed by atoms with Gasteiger partial charge in [0.05, 0.1) is 0 Å². The number of nitrogens with zero attached hydrogens (tertiary/aromatic N) is 1. The van der Waals surface area contributed by atoms with Crippen molar-refractivity contribution in [2.45, 2.75) is 46.0 Å². The summed E-state index contributed by atoms with van der Waals surface area (Å²) >= 11 is 1.34. The lowest BCUT2D eigenvalue weighted by molar-refractivity contribution is 0.0636. The maximum Gasteiger partial charge on any atom is 0.413 e. The van der Waals surface area contributed by atoms with Crippen molar-refractivity contribution in [2.24, 2.45) is 0 Å². The van der Waals surface area contributed by atoms with E-state index in [9.17, 15) is 4.79 Å². The first kappa shape index (κ1) is 15.7. The third-order valence-electron chi connectivity index (χ3n) is 1.68. The largest absolute Gasteiger partial charge is 0.444 e. The summed E-state index contributed by atoms with van der Waals surface area (Å²) in [6, 6.07) is 0. The standard InChI is InChI=1S/C13H20N2O2SSi/c1-13(2,3)17-12(16)15-11-14-10(9-18-11)7-8-19(4,5)6/h9H,1-6H3,(H,14,15,16). The van der Waals surface area contributed by atoms with Gasteiger partial charge in [0.15, 0.2) is 5.13 Å². The normalized spacial score (nSPS) is 11.5. The van der Waals surface area contributed by atoms with Crippen molar-refractivity contribution in [2.75, 3.05) is 5.32 Å². The number of thiazole rings is 1. The van der Waals surface area contributed by atoms with Crippen LogP contribution < -0.4 is 5.32 Å². The minimum Gasteiger partial charge on any atom is -0.444 e. The molecule has 0 saturated heterocycles. The molecule has 1 aromatic heterocycles. The molecule has 0 spiro atoms. The van der Waals surface area contributed by atoms with Crippen molar-refractivity contribution in [1.82, 2.24) is 4.98 Å². The molecule has 0 bridgehead atoms. The topological polar surface area (TPSA) is 51.2 Å². The van der Waals surface area contributed by atoms with Crippen LogP contribution >= 0.6 is 11.3 Å². The van der Waals surface area contributed by atoms with Crippen molar-refractivity contribution in [3.05, 3.63) is 11.1 Å². The van der Waals surface area contributed by atoms with Crippen LogP contribution in [0.25, 0.3) is 0 Å². The second kappa shape index (κ2) is 5.76. The van der Waals surface area contributed by atoms with Crippen LogP contribution in [0.15, 0.2) is 5.38 Å². The van der Waals surface area contributed by atoms with Crippen molar-refractivity contribution in [1.29, 1.82) is 0 Å². The van der Waals surface area contributed by atoms with Gasteiger partial charge >= 0.3 is 6.09 Å². The molecule has 6 heteroatoms. The third-order valence-corrected chi connectivity index (χ3v) is 3.31. The first-order valence-electron chi connectivity index (χ1n) is 6.04. The summed E-state index contributed by atoms with van der Waals surface area (Å²) in [7, 11) is -1.40. The van der Waals surface area contributed by atoms with E-state index in [0.29, 0.717) is 10.8 Å². The second-order valence-electron chi connectivity index (χ2n) is 6.16. The van der Waals surface area contributed by atoms with E-state index in [-0.39, 0.29) is 0 Å². The quantitative estimate of drug-likeness (QED) is 0.635. The molecule has 0 aromatic carbocycles. The summed E-state index contributed by atoms with van der Waals surface area (Å²) in [5.74, 6) is 3.05. The first-order chi connectivity index (χ1) is 8.55. The van der Waals surface area contributed by atoms with E-state index >= 15 is 0 Å². The smallest absolute Gasteiger partial charge is 0.413 e. The molecule has 0 aliphatic carbocycles. The zero-order chi connectivity index (χ0) is 14.7. The van der Waals surface area contributed by atoms with E-state index in [4.69, 9.17) is 4.74 Å². The Morgan fingerprint density at radius 3 is 2.58 bits per heavy atom. The Balaban J connectivity index is 2.65. The Bertz CT molecular complexity index is 515. The van der Waals surface area contributed by atoms with E-state index < -0.39 is 19.8 Å². The average molecular weight is 296 g/mol. The highest BCUT2D eigenvalue weighted by Gasteiger charge is 2.17. The molecule has 0 radical (unpaired) electrons. The van der Waals surface area contributed by atoms with Gasteiger partial charge in [-0.15, -0.1) is 16.9 Å². The van der Waals surface area contributed by atoms with Gasteiger partial charge in [-0.1, -0.05) is 25.6 Å². The minimum atomic E-state index is -1.40. The van der Waals surface area contributed by atoms with Crippen LogP contribution in [0.4, 0.5) is 9.93 Å². The van der Waals surface area contributed by atoms with Crippen LogP contribution in [0.3, 0.4) is 0 Å². The van der Waals surface area contributed by atoms with Crippen molar-refractivity contribution < 1.29 is 9.53 Å². The molecule has 1 heterocycles. The summed E-state index contributed by atoms with van der Waals surface area (Å²) < 4.78 is 5.15. The molecular weight excluding hydrogens is 276 g/mol. The summed E-state index contributed by atoms with van der Waals surface area (Å²) in [6.07, 6.45) is -0.494. The van der Waals surface area contributed by atoms with Crippen LogP contribution in [-0.4, -0.2) is 24.8 Å². The number of nitrogens with one attached hydrogen (secondary N) is 1. The second-order valence-corrected chi connectivity index (χ2v) is 11.8. The molecule has 0 unspecified atom stereocenters. The highest BCUT2D eigenvalue weighted by atomic mass is 32.1. The molecule has 0 atom stereocenters. The maximum absolute atomic E-state index is 11.6. The Labute approximate surface area is 119 Å². The Morgan fingerprint density at radius 1 is 1.42 bits per heavy atom. The van der Waals surface area contributed by atoms with Crippen LogP contribution in [-0.2, 0) is 4.74 Å². The SMILES string of the molecule is CC(C)(C)OC(=O)Nc1nc(C#C[Si](C)(C)C)cs1. The molecule has 4 nitrogen and oxygen atoms in total. The lowest BCUT2D eigenvalue weighted by Gasteiger charge is -2.18. The van der Waals surface area contributed by atoms with Crippen molar-refractivity contribution in [3.8, 4) is 11.5 Å². The van der Waals surface area contributed by atoms with Gasteiger partial charge in [-0.25, -0.2) is 9.78 Å². The average Bonchev–Trinajstić information content (AvgIpc) is 2.58. The molecule has 1 amide bonds. The lowest BCUT2D eigenvalue weighted by Crippen LogP contribution is -2.27. The van der Waals surface area contributed by atoms with Gasteiger partial charge in [0.25, 0.3) is 0 Å². The number of amides is 1. The van der Waals surface area contributed by atoms with E-state index in [1.54, 1.807) is 0 Å². The zero-order valence-electron chi connectivity index (χ0n) is 12.2. The van der Waals surface area contributed by atoms with Crippen LogP contribution in [0.5, 0.6) is 0 Å². The highest BCUT2D eigenvalue weighted by Crippen LogP contribution is 2.16. The Hall–Kier alpha value is -1.32.